The van der Waals surface area contributed by atoms with E-state index in [9.17, 15) is 9.59 Å². The smallest absolute Gasteiger partial charge is 0.143 e. The molecular formula is C15H22O2. The van der Waals surface area contributed by atoms with E-state index in [4.69, 9.17) is 0 Å². The van der Waals surface area contributed by atoms with Crippen molar-refractivity contribution in [2.45, 2.75) is 34.6 Å². The molecule has 0 amide bonds. The monoisotopic (exact) mass is 234 g/mol. The molecule has 0 heterocycles. The molecule has 0 atom stereocenters. The summed E-state index contributed by atoms with van der Waals surface area (Å²) in [5.41, 5.74) is 3.27. The minimum Gasteiger partial charge on any atom is -0.299 e. The molecule has 0 bridgehead atoms. The first-order valence-corrected chi connectivity index (χ1v) is 5.46. The summed E-state index contributed by atoms with van der Waals surface area (Å²) in [7, 11) is 0. The summed E-state index contributed by atoms with van der Waals surface area (Å²) >= 11 is 0. The van der Waals surface area contributed by atoms with Crippen LogP contribution in [-0.2, 0) is 9.59 Å². The fourth-order valence-electron chi connectivity index (χ4n) is 0.691. The molecule has 0 N–H and O–H groups in total. The lowest BCUT2D eigenvalue weighted by Crippen LogP contribution is -1.68. The van der Waals surface area contributed by atoms with E-state index in [0.29, 0.717) is 0 Å². The van der Waals surface area contributed by atoms with Gasteiger partial charge in [-0.2, -0.15) is 0 Å². The summed E-state index contributed by atoms with van der Waals surface area (Å²) in [6, 6.07) is 0. The van der Waals surface area contributed by atoms with Gasteiger partial charge in [0.2, 0.25) is 0 Å². The number of rotatable bonds is 4. The number of carbonyl (C=O) groups excluding carboxylic acids is 2. The average Bonchev–Trinajstić information content (AvgIpc) is 2.18. The maximum Gasteiger partial charge on any atom is 0.143 e. The largest absolute Gasteiger partial charge is 0.299 e. The van der Waals surface area contributed by atoms with E-state index in [1.54, 1.807) is 0 Å². The summed E-state index contributed by atoms with van der Waals surface area (Å²) in [5.74, 6) is 0. The van der Waals surface area contributed by atoms with Crippen molar-refractivity contribution in [3.63, 3.8) is 0 Å². The Kier molecular flexibility index (Phi) is 12.9. The van der Waals surface area contributed by atoms with Crippen LogP contribution in [0.4, 0.5) is 0 Å². The van der Waals surface area contributed by atoms with Crippen molar-refractivity contribution >= 4 is 12.6 Å². The lowest BCUT2D eigenvalue weighted by molar-refractivity contribution is -0.104. The van der Waals surface area contributed by atoms with Gasteiger partial charge in [-0.1, -0.05) is 29.4 Å². The van der Waals surface area contributed by atoms with Gasteiger partial charge in [-0.25, -0.2) is 0 Å². The number of allylic oxidation sites excluding steroid dienone is 8. The van der Waals surface area contributed by atoms with Gasteiger partial charge in [-0.05, 0) is 52.3 Å². The van der Waals surface area contributed by atoms with Crippen molar-refractivity contribution in [3.8, 4) is 0 Å². The SMILES string of the molecule is CC(C)=C/C=C/C(C)=C/C=O.CC(C)=CC=O. The number of hydrogen-bond donors (Lipinski definition) is 0. The maximum atomic E-state index is 9.99. The van der Waals surface area contributed by atoms with E-state index >= 15 is 0 Å². The minimum atomic E-state index is 0.787. The molecule has 0 aromatic rings. The van der Waals surface area contributed by atoms with Crippen LogP contribution >= 0.6 is 0 Å². The van der Waals surface area contributed by atoms with E-state index in [-0.39, 0.29) is 0 Å². The van der Waals surface area contributed by atoms with Gasteiger partial charge in [0.15, 0.2) is 0 Å². The molecule has 0 radical (unpaired) electrons. The third-order valence-corrected chi connectivity index (χ3v) is 1.52. The highest BCUT2D eigenvalue weighted by Gasteiger charge is 1.77. The molecule has 0 aliphatic carbocycles. The van der Waals surface area contributed by atoms with Gasteiger partial charge < -0.3 is 0 Å². The van der Waals surface area contributed by atoms with Crippen LogP contribution in [0.15, 0.2) is 47.1 Å². The first kappa shape index (κ1) is 17.7. The van der Waals surface area contributed by atoms with Crippen LogP contribution in [0.3, 0.4) is 0 Å². The third kappa shape index (κ3) is 20.4. The fourth-order valence-corrected chi connectivity index (χ4v) is 0.691. The zero-order valence-corrected chi connectivity index (χ0v) is 11.4. The number of carbonyl (C=O) groups is 2. The second-order valence-corrected chi connectivity index (χ2v) is 4.03. The van der Waals surface area contributed by atoms with E-state index in [2.05, 4.69) is 0 Å². The molecule has 0 aromatic carbocycles. The van der Waals surface area contributed by atoms with Crippen molar-refractivity contribution in [2.75, 3.05) is 0 Å². The maximum absolute atomic E-state index is 9.99. The van der Waals surface area contributed by atoms with Gasteiger partial charge in [0.05, 0.1) is 0 Å². The number of aldehydes is 2. The van der Waals surface area contributed by atoms with Gasteiger partial charge in [-0.15, -0.1) is 0 Å². The molecule has 17 heavy (non-hydrogen) atoms. The Morgan fingerprint density at radius 2 is 1.18 bits per heavy atom. The zero-order chi connectivity index (χ0) is 13.7. The highest BCUT2D eigenvalue weighted by Crippen LogP contribution is 1.95. The van der Waals surface area contributed by atoms with Crippen LogP contribution in [-0.4, -0.2) is 12.6 Å². The van der Waals surface area contributed by atoms with Crippen LogP contribution < -0.4 is 0 Å². The molecule has 0 unspecified atom stereocenters. The highest BCUT2D eigenvalue weighted by molar-refractivity contribution is 5.67. The molecule has 0 saturated carbocycles. The van der Waals surface area contributed by atoms with E-state index in [1.807, 2.05) is 52.8 Å². The molecule has 2 heteroatoms. The fraction of sp³-hybridized carbons (Fsp3) is 0.333. The second kappa shape index (κ2) is 12.4. The molecule has 0 aliphatic rings. The Bertz CT molecular complexity index is 334. The standard InChI is InChI=1S/C10H14O.C5H8O/c1-9(2)5-4-6-10(3)7-8-11;1-5(2)3-4-6/h4-8H,1-3H3;3-4H,1-2H3/b6-4+,10-7+;. The lowest BCUT2D eigenvalue weighted by atomic mass is 10.2. The molecule has 0 rings (SSSR count). The predicted molar refractivity (Wildman–Crippen MR) is 73.9 cm³/mol. The highest BCUT2D eigenvalue weighted by atomic mass is 16.1. The van der Waals surface area contributed by atoms with Gasteiger partial charge in [0.1, 0.15) is 12.6 Å². The van der Waals surface area contributed by atoms with E-state index in [1.165, 1.54) is 17.7 Å². The van der Waals surface area contributed by atoms with Crippen LogP contribution in [0.2, 0.25) is 0 Å². The molecule has 0 aromatic heterocycles. The summed E-state index contributed by atoms with van der Waals surface area (Å²) < 4.78 is 0. The Hall–Kier alpha value is -1.70. The van der Waals surface area contributed by atoms with Gasteiger partial charge in [-0.3, -0.25) is 9.59 Å². The topological polar surface area (TPSA) is 34.1 Å². The second-order valence-electron chi connectivity index (χ2n) is 4.03. The summed E-state index contributed by atoms with van der Waals surface area (Å²) in [6.45, 7) is 9.72. The molecular weight excluding hydrogens is 212 g/mol. The Morgan fingerprint density at radius 3 is 1.47 bits per heavy atom. The Balaban J connectivity index is 0. The Morgan fingerprint density at radius 1 is 0.706 bits per heavy atom. The summed E-state index contributed by atoms with van der Waals surface area (Å²) in [4.78, 5) is 19.5. The van der Waals surface area contributed by atoms with Crippen LogP contribution in [0, 0.1) is 0 Å². The van der Waals surface area contributed by atoms with Crippen molar-refractivity contribution in [1.82, 2.24) is 0 Å². The summed E-state index contributed by atoms with van der Waals surface area (Å²) in [5, 5.41) is 0. The van der Waals surface area contributed by atoms with Crippen LogP contribution in [0.1, 0.15) is 34.6 Å². The quantitative estimate of drug-likeness (QED) is 0.421. The zero-order valence-electron chi connectivity index (χ0n) is 11.4. The molecule has 2 nitrogen and oxygen atoms in total. The Labute approximate surface area is 104 Å². The molecule has 0 saturated heterocycles. The first-order chi connectivity index (χ1) is 7.93. The van der Waals surface area contributed by atoms with Crippen molar-refractivity contribution < 1.29 is 9.59 Å². The van der Waals surface area contributed by atoms with Crippen molar-refractivity contribution in [3.05, 3.63) is 47.1 Å². The van der Waals surface area contributed by atoms with E-state index < -0.39 is 0 Å². The molecule has 0 spiro atoms. The van der Waals surface area contributed by atoms with Gasteiger partial charge in [0.25, 0.3) is 0 Å². The van der Waals surface area contributed by atoms with Crippen molar-refractivity contribution in [2.24, 2.45) is 0 Å². The van der Waals surface area contributed by atoms with Gasteiger partial charge >= 0.3 is 0 Å². The summed E-state index contributed by atoms with van der Waals surface area (Å²) in [6.07, 6.45) is 10.5. The molecule has 0 aliphatic heterocycles. The van der Waals surface area contributed by atoms with Crippen LogP contribution in [0.5, 0.6) is 0 Å². The molecule has 94 valence electrons. The minimum absolute atomic E-state index is 0.787. The first-order valence-electron chi connectivity index (χ1n) is 5.46. The normalized spacial score (nSPS) is 10.1. The van der Waals surface area contributed by atoms with Gasteiger partial charge in [0, 0.05) is 0 Å². The third-order valence-electron chi connectivity index (χ3n) is 1.52. The van der Waals surface area contributed by atoms with Crippen LogP contribution in [0.25, 0.3) is 0 Å². The molecule has 0 fully saturated rings. The average molecular weight is 234 g/mol. The van der Waals surface area contributed by atoms with E-state index in [0.717, 1.165) is 23.7 Å². The predicted octanol–water partition coefficient (Wildman–Crippen LogP) is 3.81. The lowest BCUT2D eigenvalue weighted by Gasteiger charge is -1.85. The van der Waals surface area contributed by atoms with Crippen molar-refractivity contribution in [1.29, 1.82) is 0 Å². The number of hydrogen-bond acceptors (Lipinski definition) is 2.